The monoisotopic (exact) mass is 330 g/mol. The number of nitrogens with one attached hydrogen (secondary N) is 1. The molecule has 1 aromatic carbocycles. The quantitative estimate of drug-likeness (QED) is 0.920. The van der Waals surface area contributed by atoms with Gasteiger partial charge in [0.05, 0.1) is 18.9 Å². The number of hydrogen-bond donors (Lipinski definition) is 1. The van der Waals surface area contributed by atoms with E-state index in [1.165, 1.54) is 25.7 Å². The van der Waals surface area contributed by atoms with Crippen LogP contribution >= 0.6 is 0 Å². The first-order valence-electron chi connectivity index (χ1n) is 9.14. The largest absolute Gasteiger partial charge is 0.486 e. The molecular weight excluding hydrogens is 304 g/mol. The standard InChI is InChI=1S/C19H26N2O3/c22-18(21-11-10-19(14-21)8-3-4-9-19)20-16-5-1-2-6-17(16)24-15-7-12-23-13-15/h1-2,5-6,15H,3-4,7-14H2,(H,20,22). The van der Waals surface area contributed by atoms with Crippen LogP contribution in [0, 0.1) is 5.41 Å². The maximum atomic E-state index is 12.7. The molecular formula is C19H26N2O3. The molecule has 5 heteroatoms. The van der Waals surface area contributed by atoms with Crippen LogP contribution < -0.4 is 10.1 Å². The van der Waals surface area contributed by atoms with Crippen molar-refractivity contribution in [3.8, 4) is 5.75 Å². The smallest absolute Gasteiger partial charge is 0.321 e. The number of urea groups is 1. The fraction of sp³-hybridized carbons (Fsp3) is 0.632. The zero-order valence-corrected chi connectivity index (χ0v) is 14.1. The minimum absolute atomic E-state index is 0.00232. The van der Waals surface area contributed by atoms with Gasteiger partial charge in [-0.3, -0.25) is 0 Å². The summed E-state index contributed by atoms with van der Waals surface area (Å²) >= 11 is 0. The lowest BCUT2D eigenvalue weighted by molar-refractivity contribution is 0.142. The average Bonchev–Trinajstić information content (AvgIpc) is 3.33. The molecule has 2 saturated heterocycles. The zero-order chi connectivity index (χ0) is 16.4. The molecule has 0 aromatic heterocycles. The average molecular weight is 330 g/mol. The third kappa shape index (κ3) is 3.22. The van der Waals surface area contributed by atoms with Crippen molar-refractivity contribution in [2.45, 2.75) is 44.6 Å². The predicted molar refractivity (Wildman–Crippen MR) is 92.4 cm³/mol. The van der Waals surface area contributed by atoms with Gasteiger partial charge >= 0.3 is 6.03 Å². The minimum atomic E-state index is -0.00232. The molecule has 0 radical (unpaired) electrons. The van der Waals surface area contributed by atoms with E-state index in [0.717, 1.165) is 44.0 Å². The van der Waals surface area contributed by atoms with Crippen molar-refractivity contribution < 1.29 is 14.3 Å². The second-order valence-electron chi connectivity index (χ2n) is 7.41. The summed E-state index contributed by atoms with van der Waals surface area (Å²) in [6.45, 7) is 3.13. The highest BCUT2D eigenvalue weighted by molar-refractivity contribution is 5.91. The van der Waals surface area contributed by atoms with Gasteiger partial charge in [0.1, 0.15) is 11.9 Å². The highest BCUT2D eigenvalue weighted by Crippen LogP contribution is 2.45. The first kappa shape index (κ1) is 15.8. The minimum Gasteiger partial charge on any atom is -0.486 e. The Morgan fingerprint density at radius 1 is 1.25 bits per heavy atom. The number of carbonyl (C=O) groups excluding carboxylic acids is 1. The van der Waals surface area contributed by atoms with E-state index < -0.39 is 0 Å². The fourth-order valence-corrected chi connectivity index (χ4v) is 4.29. The lowest BCUT2D eigenvalue weighted by Gasteiger charge is -2.24. The van der Waals surface area contributed by atoms with E-state index in [0.29, 0.717) is 12.0 Å². The van der Waals surface area contributed by atoms with Crippen molar-refractivity contribution in [2.24, 2.45) is 5.41 Å². The van der Waals surface area contributed by atoms with Crippen LogP contribution in [0.15, 0.2) is 24.3 Å². The van der Waals surface area contributed by atoms with E-state index in [1.807, 2.05) is 29.2 Å². The van der Waals surface area contributed by atoms with Gasteiger partial charge in [0.2, 0.25) is 0 Å². The van der Waals surface area contributed by atoms with Crippen LogP contribution in [0.5, 0.6) is 5.75 Å². The molecule has 24 heavy (non-hydrogen) atoms. The number of anilines is 1. The Bertz CT molecular complexity index is 592. The molecule has 0 bridgehead atoms. The summed E-state index contributed by atoms with van der Waals surface area (Å²) in [5.41, 5.74) is 1.15. The number of benzene rings is 1. The van der Waals surface area contributed by atoms with Crippen LogP contribution in [0.1, 0.15) is 38.5 Å². The van der Waals surface area contributed by atoms with Crippen LogP contribution in [0.2, 0.25) is 0 Å². The van der Waals surface area contributed by atoms with Crippen LogP contribution in [-0.4, -0.2) is 43.3 Å². The van der Waals surface area contributed by atoms with Crippen molar-refractivity contribution in [3.63, 3.8) is 0 Å². The molecule has 2 heterocycles. The highest BCUT2D eigenvalue weighted by Gasteiger charge is 2.41. The molecule has 1 atom stereocenters. The van der Waals surface area contributed by atoms with Gasteiger partial charge in [-0.1, -0.05) is 25.0 Å². The van der Waals surface area contributed by atoms with Crippen molar-refractivity contribution in [2.75, 3.05) is 31.6 Å². The number of rotatable bonds is 3. The number of para-hydroxylation sites is 2. The zero-order valence-electron chi connectivity index (χ0n) is 14.1. The van der Waals surface area contributed by atoms with E-state index in [9.17, 15) is 4.79 Å². The van der Waals surface area contributed by atoms with Crippen LogP contribution in [0.4, 0.5) is 10.5 Å². The number of nitrogens with zero attached hydrogens (tertiary/aromatic N) is 1. The molecule has 1 spiro atoms. The van der Waals surface area contributed by atoms with Gasteiger partial charge in [0.15, 0.2) is 0 Å². The van der Waals surface area contributed by atoms with Gasteiger partial charge in [-0.25, -0.2) is 4.79 Å². The third-order valence-corrected chi connectivity index (χ3v) is 5.70. The van der Waals surface area contributed by atoms with Crippen molar-refractivity contribution >= 4 is 11.7 Å². The van der Waals surface area contributed by atoms with Crippen molar-refractivity contribution in [1.82, 2.24) is 4.90 Å². The summed E-state index contributed by atoms with van der Waals surface area (Å²) in [6, 6.07) is 7.68. The molecule has 3 aliphatic rings. The molecule has 4 rings (SSSR count). The normalized spacial score (nSPS) is 25.3. The SMILES string of the molecule is O=C(Nc1ccccc1OC1CCOC1)N1CCC2(CCCC2)C1. The van der Waals surface area contributed by atoms with E-state index in [1.54, 1.807) is 0 Å². The first-order chi connectivity index (χ1) is 11.7. The molecule has 1 aromatic rings. The Morgan fingerprint density at radius 2 is 2.08 bits per heavy atom. The molecule has 1 N–H and O–H groups in total. The maximum Gasteiger partial charge on any atom is 0.321 e. The van der Waals surface area contributed by atoms with E-state index in [4.69, 9.17) is 9.47 Å². The molecule has 1 aliphatic carbocycles. The van der Waals surface area contributed by atoms with E-state index in [-0.39, 0.29) is 12.1 Å². The number of hydrogen-bond acceptors (Lipinski definition) is 3. The fourth-order valence-electron chi connectivity index (χ4n) is 4.29. The van der Waals surface area contributed by atoms with E-state index >= 15 is 0 Å². The van der Waals surface area contributed by atoms with Gasteiger partial charge in [0.25, 0.3) is 0 Å². The molecule has 1 saturated carbocycles. The number of carbonyl (C=O) groups is 1. The van der Waals surface area contributed by atoms with Gasteiger partial charge in [0, 0.05) is 19.5 Å². The Morgan fingerprint density at radius 3 is 2.88 bits per heavy atom. The number of amides is 2. The van der Waals surface area contributed by atoms with Gasteiger partial charge < -0.3 is 19.7 Å². The first-order valence-corrected chi connectivity index (χ1v) is 9.14. The highest BCUT2D eigenvalue weighted by atomic mass is 16.5. The molecule has 3 fully saturated rings. The van der Waals surface area contributed by atoms with Crippen LogP contribution in [-0.2, 0) is 4.74 Å². The lowest BCUT2D eigenvalue weighted by Crippen LogP contribution is -2.35. The summed E-state index contributed by atoms with van der Waals surface area (Å²) < 4.78 is 11.4. The maximum absolute atomic E-state index is 12.7. The predicted octanol–water partition coefficient (Wildman–Crippen LogP) is 3.65. The van der Waals surface area contributed by atoms with Gasteiger partial charge in [-0.2, -0.15) is 0 Å². The van der Waals surface area contributed by atoms with Crippen molar-refractivity contribution in [3.05, 3.63) is 24.3 Å². The number of ether oxygens (including phenoxy) is 2. The van der Waals surface area contributed by atoms with Crippen molar-refractivity contribution in [1.29, 1.82) is 0 Å². The summed E-state index contributed by atoms with van der Waals surface area (Å²) in [6.07, 6.45) is 7.31. The second kappa shape index (κ2) is 6.63. The topological polar surface area (TPSA) is 50.8 Å². The lowest BCUT2D eigenvalue weighted by atomic mass is 9.86. The summed E-state index contributed by atoms with van der Waals surface area (Å²) in [7, 11) is 0. The molecule has 1 unspecified atom stereocenters. The van der Waals surface area contributed by atoms with Crippen LogP contribution in [0.25, 0.3) is 0 Å². The summed E-state index contributed by atoms with van der Waals surface area (Å²) in [5.74, 6) is 0.733. The Balaban J connectivity index is 1.40. The Kier molecular flexibility index (Phi) is 4.35. The van der Waals surface area contributed by atoms with Crippen LogP contribution in [0.3, 0.4) is 0 Å². The van der Waals surface area contributed by atoms with Gasteiger partial charge in [-0.05, 0) is 36.8 Å². The molecule has 2 aliphatic heterocycles. The molecule has 130 valence electrons. The van der Waals surface area contributed by atoms with Gasteiger partial charge in [-0.15, -0.1) is 0 Å². The Labute approximate surface area is 143 Å². The Hall–Kier alpha value is -1.75. The summed E-state index contributed by atoms with van der Waals surface area (Å²) in [5, 5.41) is 3.05. The molecule has 2 amide bonds. The third-order valence-electron chi connectivity index (χ3n) is 5.70. The summed E-state index contributed by atoms with van der Waals surface area (Å²) in [4.78, 5) is 14.7. The second-order valence-corrected chi connectivity index (χ2v) is 7.41. The van der Waals surface area contributed by atoms with E-state index in [2.05, 4.69) is 5.32 Å². The number of likely N-dealkylation sites (tertiary alicyclic amines) is 1. The molecule has 5 nitrogen and oxygen atoms in total.